The molecule has 4 N–H and O–H groups in total. The Balaban J connectivity index is 0. The van der Waals surface area contributed by atoms with Gasteiger partial charge in [-0.2, -0.15) is 0 Å². The van der Waals surface area contributed by atoms with Crippen LogP contribution in [0.25, 0.3) is 0 Å². The van der Waals surface area contributed by atoms with Crippen molar-refractivity contribution in [2.45, 2.75) is 31.7 Å². The molecule has 1 amide bonds. The molecule has 0 saturated heterocycles. The van der Waals surface area contributed by atoms with Gasteiger partial charge in [0.2, 0.25) is 5.91 Å². The number of carbonyl (C=O) groups is 1. The van der Waals surface area contributed by atoms with E-state index in [1.165, 1.54) is 0 Å². The van der Waals surface area contributed by atoms with Crippen molar-refractivity contribution in [1.29, 1.82) is 0 Å². The first kappa shape index (κ1) is 14.5. The average Bonchev–Trinajstić information content (AvgIpc) is 1.88. The predicted octanol–water partition coefficient (Wildman–Crippen LogP) is 0.833. The van der Waals surface area contributed by atoms with Gasteiger partial charge in [-0.15, -0.1) is 24.8 Å². The van der Waals surface area contributed by atoms with Crippen molar-refractivity contribution in [2.75, 3.05) is 0 Å². The van der Waals surface area contributed by atoms with E-state index in [9.17, 15) is 4.79 Å². The Hall–Kier alpha value is 0.01000. The molecule has 3 nitrogen and oxygen atoms in total. The fourth-order valence-corrected chi connectivity index (χ4v) is 1.40. The standard InChI is InChI=1S/C7H14N2O.2ClH/c8-6-3-1-5(2-4-6)7(9)10;;/h5-6H,1-4,8H2,(H2,9,10);2*1H. The first-order valence-electron chi connectivity index (χ1n) is 3.75. The molecule has 0 spiro atoms. The van der Waals surface area contributed by atoms with Crippen LogP contribution >= 0.6 is 24.8 Å². The normalized spacial score (nSPS) is 28.1. The second-order valence-corrected chi connectivity index (χ2v) is 3.01. The predicted molar refractivity (Wildman–Crippen MR) is 53.6 cm³/mol. The number of amides is 1. The summed E-state index contributed by atoms with van der Waals surface area (Å²) in [4.78, 5) is 10.6. The van der Waals surface area contributed by atoms with E-state index in [-0.39, 0.29) is 36.6 Å². The lowest BCUT2D eigenvalue weighted by Gasteiger charge is -2.23. The molecule has 1 aliphatic rings. The first-order valence-corrected chi connectivity index (χ1v) is 3.75. The quantitative estimate of drug-likeness (QED) is 0.680. The Morgan fingerprint density at radius 1 is 1.08 bits per heavy atom. The summed E-state index contributed by atoms with van der Waals surface area (Å²) in [5.74, 6) is -0.0632. The van der Waals surface area contributed by atoms with Gasteiger partial charge in [0, 0.05) is 12.0 Å². The van der Waals surface area contributed by atoms with Gasteiger partial charge < -0.3 is 11.5 Å². The van der Waals surface area contributed by atoms with Crippen molar-refractivity contribution >= 4 is 30.7 Å². The molecule has 0 atom stereocenters. The third kappa shape index (κ3) is 4.14. The van der Waals surface area contributed by atoms with E-state index < -0.39 is 0 Å². The lowest BCUT2D eigenvalue weighted by molar-refractivity contribution is -0.122. The van der Waals surface area contributed by atoms with E-state index in [1.807, 2.05) is 0 Å². The van der Waals surface area contributed by atoms with Crippen molar-refractivity contribution in [2.24, 2.45) is 17.4 Å². The third-order valence-corrected chi connectivity index (χ3v) is 2.17. The van der Waals surface area contributed by atoms with E-state index in [0.717, 1.165) is 25.7 Å². The van der Waals surface area contributed by atoms with Gasteiger partial charge in [0.05, 0.1) is 0 Å². The van der Waals surface area contributed by atoms with E-state index in [0.29, 0.717) is 6.04 Å². The zero-order valence-corrected chi connectivity index (χ0v) is 8.50. The average molecular weight is 215 g/mol. The number of nitrogens with two attached hydrogens (primary N) is 2. The summed E-state index contributed by atoms with van der Waals surface area (Å²) in [6, 6.07) is 0.301. The number of carbonyl (C=O) groups excluding carboxylic acids is 1. The summed E-state index contributed by atoms with van der Waals surface area (Å²) < 4.78 is 0. The van der Waals surface area contributed by atoms with E-state index in [4.69, 9.17) is 11.5 Å². The second-order valence-electron chi connectivity index (χ2n) is 3.01. The molecule has 0 aliphatic heterocycles. The SMILES string of the molecule is Cl.Cl.NC(=O)C1CCC(N)CC1. The van der Waals surface area contributed by atoms with Crippen LogP contribution in [0.2, 0.25) is 0 Å². The lowest BCUT2D eigenvalue weighted by atomic mass is 9.86. The van der Waals surface area contributed by atoms with Crippen LogP contribution in [0.1, 0.15) is 25.7 Å². The topological polar surface area (TPSA) is 69.1 Å². The molecule has 5 heteroatoms. The molecule has 12 heavy (non-hydrogen) atoms. The van der Waals surface area contributed by atoms with Gasteiger partial charge in [0.1, 0.15) is 0 Å². The molecule has 0 aromatic rings. The van der Waals surface area contributed by atoms with Crippen molar-refractivity contribution in [1.82, 2.24) is 0 Å². The number of halogens is 2. The van der Waals surface area contributed by atoms with Crippen LogP contribution in [0, 0.1) is 5.92 Å². The summed E-state index contributed by atoms with van der Waals surface area (Å²) in [7, 11) is 0. The molecule has 1 fully saturated rings. The molecule has 0 aromatic heterocycles. The molecule has 0 aromatic carbocycles. The fourth-order valence-electron chi connectivity index (χ4n) is 1.40. The van der Waals surface area contributed by atoms with Gasteiger partial charge in [0.25, 0.3) is 0 Å². The summed E-state index contributed by atoms with van der Waals surface area (Å²) in [5, 5.41) is 0. The summed E-state index contributed by atoms with van der Waals surface area (Å²) in [6.45, 7) is 0. The number of hydrogen-bond donors (Lipinski definition) is 2. The van der Waals surface area contributed by atoms with E-state index in [2.05, 4.69) is 0 Å². The highest BCUT2D eigenvalue weighted by molar-refractivity contribution is 5.85. The van der Waals surface area contributed by atoms with Crippen LogP contribution < -0.4 is 11.5 Å². The van der Waals surface area contributed by atoms with Crippen LogP contribution in [0.4, 0.5) is 0 Å². The monoisotopic (exact) mass is 214 g/mol. The smallest absolute Gasteiger partial charge is 0.220 e. The van der Waals surface area contributed by atoms with E-state index >= 15 is 0 Å². The van der Waals surface area contributed by atoms with Gasteiger partial charge in [-0.05, 0) is 25.7 Å². The van der Waals surface area contributed by atoms with Crippen LogP contribution in [0.5, 0.6) is 0 Å². The van der Waals surface area contributed by atoms with Crippen molar-refractivity contribution in [3.05, 3.63) is 0 Å². The summed E-state index contributed by atoms with van der Waals surface area (Å²) in [6.07, 6.45) is 3.67. The zero-order valence-electron chi connectivity index (χ0n) is 6.86. The molecule has 1 rings (SSSR count). The highest BCUT2D eigenvalue weighted by atomic mass is 35.5. The minimum absolute atomic E-state index is 0. The Morgan fingerprint density at radius 3 is 1.83 bits per heavy atom. The number of hydrogen-bond acceptors (Lipinski definition) is 2. The second kappa shape index (κ2) is 6.52. The maximum Gasteiger partial charge on any atom is 0.220 e. The number of primary amides is 1. The lowest BCUT2D eigenvalue weighted by Crippen LogP contribution is -2.32. The van der Waals surface area contributed by atoms with Gasteiger partial charge in [-0.1, -0.05) is 0 Å². The molecule has 0 bridgehead atoms. The highest BCUT2D eigenvalue weighted by Gasteiger charge is 2.21. The maximum absolute atomic E-state index is 10.6. The molecule has 0 heterocycles. The third-order valence-electron chi connectivity index (χ3n) is 2.17. The molecule has 0 radical (unpaired) electrons. The van der Waals surface area contributed by atoms with E-state index in [1.54, 1.807) is 0 Å². The van der Waals surface area contributed by atoms with Gasteiger partial charge in [0.15, 0.2) is 0 Å². The minimum Gasteiger partial charge on any atom is -0.369 e. The largest absolute Gasteiger partial charge is 0.369 e. The molecule has 74 valence electrons. The Kier molecular flexibility index (Phi) is 7.89. The summed E-state index contributed by atoms with van der Waals surface area (Å²) in [5.41, 5.74) is 10.8. The van der Waals surface area contributed by atoms with Crippen LogP contribution in [-0.4, -0.2) is 11.9 Å². The van der Waals surface area contributed by atoms with Crippen LogP contribution in [0.3, 0.4) is 0 Å². The Bertz CT molecular complexity index is 135. The highest BCUT2D eigenvalue weighted by Crippen LogP contribution is 2.22. The Labute approximate surface area is 85.1 Å². The Morgan fingerprint density at radius 2 is 1.50 bits per heavy atom. The van der Waals surface area contributed by atoms with Crippen molar-refractivity contribution < 1.29 is 4.79 Å². The van der Waals surface area contributed by atoms with Gasteiger partial charge in [-0.3, -0.25) is 4.79 Å². The zero-order chi connectivity index (χ0) is 7.56. The van der Waals surface area contributed by atoms with Gasteiger partial charge >= 0.3 is 0 Å². The van der Waals surface area contributed by atoms with Crippen molar-refractivity contribution in [3.8, 4) is 0 Å². The minimum atomic E-state index is -0.160. The molecule has 0 unspecified atom stereocenters. The van der Waals surface area contributed by atoms with Crippen LogP contribution in [0.15, 0.2) is 0 Å². The van der Waals surface area contributed by atoms with Gasteiger partial charge in [-0.25, -0.2) is 0 Å². The summed E-state index contributed by atoms with van der Waals surface area (Å²) >= 11 is 0. The van der Waals surface area contributed by atoms with Crippen LogP contribution in [-0.2, 0) is 4.79 Å². The van der Waals surface area contributed by atoms with Crippen molar-refractivity contribution in [3.63, 3.8) is 0 Å². The first-order chi connectivity index (χ1) is 4.70. The molecule has 1 saturated carbocycles. The molecular formula is C7H16Cl2N2O. The maximum atomic E-state index is 10.6. The fraction of sp³-hybridized carbons (Fsp3) is 0.857. The molecule has 1 aliphatic carbocycles. The molecular weight excluding hydrogens is 199 g/mol. The number of rotatable bonds is 1.